The van der Waals surface area contributed by atoms with E-state index in [0.717, 1.165) is 0 Å². The van der Waals surface area contributed by atoms with Gasteiger partial charge in [-0.3, -0.25) is 9.59 Å². The summed E-state index contributed by atoms with van der Waals surface area (Å²) >= 11 is 6.21. The number of carboxylic acids is 1. The van der Waals surface area contributed by atoms with Crippen LogP contribution in [0.5, 0.6) is 5.75 Å². The zero-order valence-corrected chi connectivity index (χ0v) is 17.1. The summed E-state index contributed by atoms with van der Waals surface area (Å²) in [5.74, 6) is -0.110. The number of ether oxygens (including phenoxy) is 2. The first-order valence-corrected chi connectivity index (χ1v) is 10.1. The summed E-state index contributed by atoms with van der Waals surface area (Å²) in [4.78, 5) is 23.2. The van der Waals surface area contributed by atoms with Gasteiger partial charge in [-0.05, 0) is 49.2 Å². The summed E-state index contributed by atoms with van der Waals surface area (Å²) in [5.41, 5.74) is 0.832. The highest BCUT2D eigenvalue weighted by atomic mass is 35.5. The van der Waals surface area contributed by atoms with Crippen molar-refractivity contribution < 1.29 is 23.8 Å². The van der Waals surface area contributed by atoms with Gasteiger partial charge < -0.3 is 19.0 Å². The molecular weight excluding hydrogens is 422 g/mol. The van der Waals surface area contributed by atoms with E-state index in [1.165, 1.54) is 18.2 Å². The van der Waals surface area contributed by atoms with E-state index < -0.39 is 5.97 Å². The predicted octanol–water partition coefficient (Wildman–Crippen LogP) is 4.24. The first kappa shape index (κ1) is 20.9. The number of rotatable bonds is 7. The standard InChI is InChI=1S/C23H18ClNO6/c24-21-14(12-25)3-6-18-19(26)11-20(31-22(18)21)13-1-4-16(5-2-13)29-7-8-30-17-9-15(10-17)23(27)28/h1-6,11,15,17H,7-10H2,(H,27,28). The highest BCUT2D eigenvalue weighted by Crippen LogP contribution is 2.31. The molecule has 0 spiro atoms. The Labute approximate surface area is 182 Å². The average molecular weight is 440 g/mol. The molecule has 7 nitrogen and oxygen atoms in total. The number of benzene rings is 2. The van der Waals surface area contributed by atoms with Crippen LogP contribution < -0.4 is 10.2 Å². The maximum absolute atomic E-state index is 12.4. The zero-order valence-electron chi connectivity index (χ0n) is 16.3. The van der Waals surface area contributed by atoms with Crippen molar-refractivity contribution in [3.63, 3.8) is 0 Å². The molecule has 0 unspecified atom stereocenters. The summed E-state index contributed by atoms with van der Waals surface area (Å²) in [5, 5.41) is 18.4. The number of hydrogen-bond acceptors (Lipinski definition) is 6. The van der Waals surface area contributed by atoms with E-state index in [1.54, 1.807) is 24.3 Å². The van der Waals surface area contributed by atoms with Gasteiger partial charge in [0.2, 0.25) is 0 Å². The smallest absolute Gasteiger partial charge is 0.306 e. The largest absolute Gasteiger partial charge is 0.491 e. The van der Waals surface area contributed by atoms with Crippen LogP contribution in [0, 0.1) is 17.2 Å². The van der Waals surface area contributed by atoms with Gasteiger partial charge in [-0.25, -0.2) is 0 Å². The molecule has 4 rings (SSSR count). The molecule has 1 aromatic heterocycles. The number of carbonyl (C=O) groups is 1. The van der Waals surface area contributed by atoms with Crippen molar-refractivity contribution in [2.24, 2.45) is 5.92 Å². The second kappa shape index (κ2) is 8.80. The second-order valence-electron chi connectivity index (χ2n) is 7.26. The summed E-state index contributed by atoms with van der Waals surface area (Å²) in [6.45, 7) is 0.712. The molecule has 158 valence electrons. The lowest BCUT2D eigenvalue weighted by Crippen LogP contribution is -2.36. The van der Waals surface area contributed by atoms with Crippen LogP contribution in [0.25, 0.3) is 22.3 Å². The molecule has 1 fully saturated rings. The van der Waals surface area contributed by atoms with E-state index in [4.69, 9.17) is 35.9 Å². The van der Waals surface area contributed by atoms with Crippen molar-refractivity contribution >= 4 is 28.5 Å². The summed E-state index contributed by atoms with van der Waals surface area (Å²) in [6, 6.07) is 13.4. The maximum Gasteiger partial charge on any atom is 0.306 e. The molecule has 0 saturated heterocycles. The van der Waals surface area contributed by atoms with Gasteiger partial charge in [-0.1, -0.05) is 11.6 Å². The minimum atomic E-state index is -0.772. The molecule has 8 heteroatoms. The highest BCUT2D eigenvalue weighted by Gasteiger charge is 2.34. The molecule has 1 N–H and O–H groups in total. The van der Waals surface area contributed by atoms with Crippen molar-refractivity contribution in [2.45, 2.75) is 18.9 Å². The molecule has 2 aromatic carbocycles. The Morgan fingerprint density at radius 3 is 2.61 bits per heavy atom. The Balaban J connectivity index is 1.40. The lowest BCUT2D eigenvalue weighted by Gasteiger charge is -2.31. The fraction of sp³-hybridized carbons (Fsp3) is 0.261. The van der Waals surface area contributed by atoms with E-state index in [1.807, 2.05) is 6.07 Å². The van der Waals surface area contributed by atoms with Crippen molar-refractivity contribution in [2.75, 3.05) is 13.2 Å². The molecule has 3 aromatic rings. The fourth-order valence-electron chi connectivity index (χ4n) is 3.41. The summed E-state index contributed by atoms with van der Waals surface area (Å²) in [6.07, 6.45) is 1.07. The Morgan fingerprint density at radius 1 is 1.19 bits per heavy atom. The van der Waals surface area contributed by atoms with Crippen LogP contribution in [0.2, 0.25) is 5.02 Å². The predicted molar refractivity (Wildman–Crippen MR) is 113 cm³/mol. The lowest BCUT2D eigenvalue weighted by atomic mass is 9.82. The molecule has 1 saturated carbocycles. The van der Waals surface area contributed by atoms with Crippen LogP contribution >= 0.6 is 11.6 Å². The van der Waals surface area contributed by atoms with Crippen molar-refractivity contribution in [3.8, 4) is 23.1 Å². The number of hydrogen-bond donors (Lipinski definition) is 1. The number of carboxylic acid groups (broad SMARTS) is 1. The molecule has 1 heterocycles. The molecule has 31 heavy (non-hydrogen) atoms. The van der Waals surface area contributed by atoms with E-state index in [2.05, 4.69) is 0 Å². The van der Waals surface area contributed by atoms with Crippen LogP contribution in [-0.2, 0) is 9.53 Å². The highest BCUT2D eigenvalue weighted by molar-refractivity contribution is 6.36. The number of nitrogens with zero attached hydrogens (tertiary/aromatic N) is 1. The molecule has 0 radical (unpaired) electrons. The third-order valence-corrected chi connectivity index (χ3v) is 5.62. The lowest BCUT2D eigenvalue weighted by molar-refractivity contribution is -0.151. The van der Waals surface area contributed by atoms with Crippen LogP contribution in [0.1, 0.15) is 18.4 Å². The molecule has 0 bridgehead atoms. The number of fused-ring (bicyclic) bond motifs is 1. The average Bonchev–Trinajstić information content (AvgIpc) is 2.73. The Morgan fingerprint density at radius 2 is 1.94 bits per heavy atom. The van der Waals surface area contributed by atoms with Gasteiger partial charge in [0.15, 0.2) is 11.0 Å². The molecule has 0 amide bonds. The van der Waals surface area contributed by atoms with E-state index >= 15 is 0 Å². The number of nitriles is 1. The maximum atomic E-state index is 12.4. The second-order valence-corrected chi connectivity index (χ2v) is 7.64. The van der Waals surface area contributed by atoms with Gasteiger partial charge in [0.1, 0.15) is 29.2 Å². The van der Waals surface area contributed by atoms with Crippen molar-refractivity contribution in [1.29, 1.82) is 5.26 Å². The van der Waals surface area contributed by atoms with Gasteiger partial charge in [0.05, 0.1) is 29.6 Å². The molecule has 1 aliphatic rings. The summed E-state index contributed by atoms with van der Waals surface area (Å²) < 4.78 is 17.1. The van der Waals surface area contributed by atoms with Crippen LogP contribution in [-0.4, -0.2) is 30.4 Å². The number of halogens is 1. The fourth-order valence-corrected chi connectivity index (χ4v) is 3.65. The van der Waals surface area contributed by atoms with Crippen LogP contribution in [0.3, 0.4) is 0 Å². The Bertz CT molecular complexity index is 1220. The third-order valence-electron chi connectivity index (χ3n) is 5.25. The van der Waals surface area contributed by atoms with Crippen LogP contribution in [0.4, 0.5) is 0 Å². The Hall–Kier alpha value is -3.34. The number of aliphatic carboxylic acids is 1. The van der Waals surface area contributed by atoms with Crippen LogP contribution in [0.15, 0.2) is 51.7 Å². The topological polar surface area (TPSA) is 110 Å². The van der Waals surface area contributed by atoms with E-state index in [-0.39, 0.29) is 33.6 Å². The normalized spacial score (nSPS) is 17.7. The monoisotopic (exact) mass is 439 g/mol. The summed E-state index contributed by atoms with van der Waals surface area (Å²) in [7, 11) is 0. The van der Waals surface area contributed by atoms with Gasteiger partial charge in [0, 0.05) is 11.6 Å². The molecular formula is C23H18ClNO6. The van der Waals surface area contributed by atoms with Gasteiger partial charge >= 0.3 is 5.97 Å². The van der Waals surface area contributed by atoms with E-state index in [9.17, 15) is 9.59 Å². The molecule has 0 aliphatic heterocycles. The van der Waals surface area contributed by atoms with E-state index in [0.29, 0.717) is 48.5 Å². The molecule has 0 atom stereocenters. The quantitative estimate of drug-likeness (QED) is 0.548. The van der Waals surface area contributed by atoms with Crippen molar-refractivity contribution in [3.05, 3.63) is 63.3 Å². The Kier molecular flexibility index (Phi) is 5.94. The SMILES string of the molecule is N#Cc1ccc2c(=O)cc(-c3ccc(OCCOC4CC(C(=O)O)C4)cc3)oc2c1Cl. The first-order chi connectivity index (χ1) is 15.0. The molecule has 1 aliphatic carbocycles. The van der Waals surface area contributed by atoms with Gasteiger partial charge in [-0.2, -0.15) is 5.26 Å². The third kappa shape index (κ3) is 4.41. The minimum Gasteiger partial charge on any atom is -0.491 e. The zero-order chi connectivity index (χ0) is 22.0. The van der Waals surface area contributed by atoms with Gasteiger partial charge in [-0.15, -0.1) is 0 Å². The van der Waals surface area contributed by atoms with Crippen molar-refractivity contribution in [1.82, 2.24) is 0 Å². The minimum absolute atomic E-state index is 0.0174. The van der Waals surface area contributed by atoms with Gasteiger partial charge in [0.25, 0.3) is 0 Å². The first-order valence-electron chi connectivity index (χ1n) is 9.70.